The topological polar surface area (TPSA) is 123 Å². The Morgan fingerprint density at radius 3 is 2.76 bits per heavy atom. The van der Waals surface area contributed by atoms with Gasteiger partial charge in [-0.25, -0.2) is 19.9 Å². The summed E-state index contributed by atoms with van der Waals surface area (Å²) in [6.45, 7) is 8.18. The molecule has 0 radical (unpaired) electrons. The number of benzene rings is 1. The van der Waals surface area contributed by atoms with Crippen LogP contribution in [-0.4, -0.2) is 36.8 Å². The predicted octanol–water partition coefficient (Wildman–Crippen LogP) is 3.67. The summed E-state index contributed by atoms with van der Waals surface area (Å²) in [6, 6.07) is 7.09. The lowest BCUT2D eigenvalue weighted by molar-refractivity contribution is -0.119. The van der Waals surface area contributed by atoms with E-state index < -0.39 is 5.41 Å². The zero-order valence-electron chi connectivity index (χ0n) is 18.1. The fourth-order valence-electron chi connectivity index (χ4n) is 3.97. The normalized spacial score (nSPS) is 17.1. The van der Waals surface area contributed by atoms with Crippen molar-refractivity contribution in [1.82, 2.24) is 24.3 Å². The summed E-state index contributed by atoms with van der Waals surface area (Å²) in [4.78, 5) is 31.2. The molecule has 0 saturated heterocycles. The first-order chi connectivity index (χ1) is 15.8. The maximum Gasteiger partial charge on any atom is 0.240 e. The Balaban J connectivity index is 1.62. The van der Waals surface area contributed by atoms with Gasteiger partial charge >= 0.3 is 0 Å². The average molecular weight is 461 g/mol. The molecule has 33 heavy (non-hydrogen) atoms. The molecule has 3 aromatic heterocycles. The van der Waals surface area contributed by atoms with Gasteiger partial charge in [-0.15, -0.1) is 0 Å². The summed E-state index contributed by atoms with van der Waals surface area (Å²) in [5.74, 6) is 1.19. The van der Waals surface area contributed by atoms with E-state index in [0.29, 0.717) is 45.9 Å². The Morgan fingerprint density at radius 1 is 1.27 bits per heavy atom. The highest BCUT2D eigenvalue weighted by Crippen LogP contribution is 2.45. The van der Waals surface area contributed by atoms with E-state index in [1.165, 1.54) is 0 Å². The average Bonchev–Trinajstić information content (AvgIpc) is 3.35. The van der Waals surface area contributed by atoms with Gasteiger partial charge in [0.15, 0.2) is 17.3 Å². The Kier molecular flexibility index (Phi) is 4.79. The number of rotatable bonds is 5. The van der Waals surface area contributed by atoms with E-state index in [1.807, 2.05) is 17.5 Å². The van der Waals surface area contributed by atoms with Gasteiger partial charge < -0.3 is 20.8 Å². The number of amides is 1. The molecular formula is C23H21ClN8O. The number of nitrogens with one attached hydrogen (secondary N) is 2. The van der Waals surface area contributed by atoms with E-state index in [4.69, 9.17) is 17.3 Å². The second-order valence-corrected chi connectivity index (χ2v) is 8.62. The summed E-state index contributed by atoms with van der Waals surface area (Å²) in [5, 5.41) is 6.68. The van der Waals surface area contributed by atoms with Crippen molar-refractivity contribution in [2.45, 2.75) is 19.3 Å². The summed E-state index contributed by atoms with van der Waals surface area (Å²) in [7, 11) is 0. The van der Waals surface area contributed by atoms with Crippen LogP contribution in [0, 0.1) is 0 Å². The number of halogens is 1. The molecule has 1 aromatic carbocycles. The summed E-state index contributed by atoms with van der Waals surface area (Å²) < 4.78 is 1.83. The SMILES string of the molecule is C=C(C)CNc1nc(-c2nc(N)c3c(n2)NC(=O)C3(C)c2ccc(Cl)cc2)cn2ccnc12. The van der Waals surface area contributed by atoms with Crippen molar-refractivity contribution in [3.05, 3.63) is 71.2 Å². The highest BCUT2D eigenvalue weighted by atomic mass is 35.5. The molecule has 4 aromatic rings. The van der Waals surface area contributed by atoms with E-state index in [0.717, 1.165) is 11.1 Å². The minimum Gasteiger partial charge on any atom is -0.383 e. The maximum absolute atomic E-state index is 13.1. The highest BCUT2D eigenvalue weighted by molar-refractivity contribution is 6.30. The quantitative estimate of drug-likeness (QED) is 0.388. The molecule has 1 aliphatic rings. The van der Waals surface area contributed by atoms with E-state index >= 15 is 0 Å². The molecule has 0 saturated carbocycles. The summed E-state index contributed by atoms with van der Waals surface area (Å²) in [5.41, 5.74) is 8.73. The number of hydrogen-bond acceptors (Lipinski definition) is 7. The number of carbonyl (C=O) groups excluding carboxylic acids is 1. The third-order valence-electron chi connectivity index (χ3n) is 5.71. The van der Waals surface area contributed by atoms with Gasteiger partial charge in [0, 0.05) is 30.2 Å². The summed E-state index contributed by atoms with van der Waals surface area (Å²) in [6.07, 6.45) is 5.26. The first kappa shape index (κ1) is 20.9. The van der Waals surface area contributed by atoms with Gasteiger partial charge in [0.05, 0.1) is 5.56 Å². The second kappa shape index (κ2) is 7.56. The highest BCUT2D eigenvalue weighted by Gasteiger charge is 2.47. The van der Waals surface area contributed by atoms with Gasteiger partial charge in [0.2, 0.25) is 5.91 Å². The zero-order valence-corrected chi connectivity index (χ0v) is 18.8. The Bertz CT molecular complexity index is 1430. The van der Waals surface area contributed by atoms with Crippen LogP contribution in [0.5, 0.6) is 0 Å². The number of aromatic nitrogens is 5. The van der Waals surface area contributed by atoms with Crippen molar-refractivity contribution < 1.29 is 4.79 Å². The third-order valence-corrected chi connectivity index (χ3v) is 5.96. The van der Waals surface area contributed by atoms with Crippen molar-refractivity contribution in [1.29, 1.82) is 0 Å². The largest absolute Gasteiger partial charge is 0.383 e. The minimum absolute atomic E-state index is 0.203. The van der Waals surface area contributed by atoms with E-state index in [9.17, 15) is 4.79 Å². The van der Waals surface area contributed by atoms with E-state index in [-0.39, 0.29) is 11.7 Å². The van der Waals surface area contributed by atoms with E-state index in [2.05, 4.69) is 37.1 Å². The first-order valence-electron chi connectivity index (χ1n) is 10.2. The lowest BCUT2D eigenvalue weighted by Gasteiger charge is -2.23. The molecule has 166 valence electrons. The second-order valence-electron chi connectivity index (χ2n) is 8.19. The molecule has 1 aliphatic heterocycles. The number of anilines is 3. The first-order valence-corrected chi connectivity index (χ1v) is 10.6. The van der Waals surface area contributed by atoms with Crippen LogP contribution in [0.3, 0.4) is 0 Å². The number of imidazole rings is 1. The zero-order chi connectivity index (χ0) is 23.3. The van der Waals surface area contributed by atoms with Crippen molar-refractivity contribution in [3.8, 4) is 11.5 Å². The Labute approximate surface area is 194 Å². The number of carbonyl (C=O) groups is 1. The molecule has 1 atom stereocenters. The molecule has 9 nitrogen and oxygen atoms in total. The predicted molar refractivity (Wildman–Crippen MR) is 128 cm³/mol. The molecule has 5 rings (SSSR count). The van der Waals surface area contributed by atoms with Crippen molar-refractivity contribution >= 4 is 40.6 Å². The van der Waals surface area contributed by atoms with E-state index in [1.54, 1.807) is 43.6 Å². The van der Waals surface area contributed by atoms with Crippen molar-refractivity contribution in [3.63, 3.8) is 0 Å². The van der Waals surface area contributed by atoms with Crippen LogP contribution in [0.25, 0.3) is 17.2 Å². The van der Waals surface area contributed by atoms with Crippen LogP contribution >= 0.6 is 11.6 Å². The third kappa shape index (κ3) is 3.37. The van der Waals surface area contributed by atoms with Gasteiger partial charge in [0.1, 0.15) is 22.7 Å². The van der Waals surface area contributed by atoms with Gasteiger partial charge in [-0.3, -0.25) is 4.79 Å². The lowest BCUT2D eigenvalue weighted by atomic mass is 9.78. The Hall–Kier alpha value is -3.98. The number of hydrogen-bond donors (Lipinski definition) is 3. The van der Waals surface area contributed by atoms with Gasteiger partial charge in [0.25, 0.3) is 0 Å². The number of nitrogen functional groups attached to an aromatic ring is 1. The molecule has 0 bridgehead atoms. The Morgan fingerprint density at radius 2 is 2.03 bits per heavy atom. The maximum atomic E-state index is 13.1. The van der Waals surface area contributed by atoms with Gasteiger partial charge in [-0.05, 0) is 31.5 Å². The lowest BCUT2D eigenvalue weighted by Crippen LogP contribution is -2.32. The molecule has 0 spiro atoms. The van der Waals surface area contributed by atoms with Gasteiger partial charge in [-0.2, -0.15) is 0 Å². The fourth-order valence-corrected chi connectivity index (χ4v) is 4.10. The molecule has 1 unspecified atom stereocenters. The van der Waals surface area contributed by atoms with Crippen LogP contribution in [-0.2, 0) is 10.2 Å². The van der Waals surface area contributed by atoms with Crippen LogP contribution in [0.15, 0.2) is 55.0 Å². The van der Waals surface area contributed by atoms with Crippen molar-refractivity contribution in [2.24, 2.45) is 0 Å². The monoisotopic (exact) mass is 460 g/mol. The molecular weight excluding hydrogens is 440 g/mol. The fraction of sp³-hybridized carbons (Fsp3) is 0.174. The van der Waals surface area contributed by atoms with Crippen LogP contribution in [0.1, 0.15) is 25.0 Å². The van der Waals surface area contributed by atoms with Crippen LogP contribution < -0.4 is 16.4 Å². The number of nitrogens with zero attached hydrogens (tertiary/aromatic N) is 5. The van der Waals surface area contributed by atoms with Crippen LogP contribution in [0.2, 0.25) is 5.02 Å². The molecule has 4 N–H and O–H groups in total. The molecule has 0 fully saturated rings. The number of fused-ring (bicyclic) bond motifs is 2. The number of nitrogens with two attached hydrogens (primary N) is 1. The standard InChI is InChI=1S/C23H21ClN8O/c1-12(2)10-27-20-21-26-8-9-32(21)11-15(28-20)18-29-17(25)16-19(30-18)31-22(33)23(16,3)13-4-6-14(24)7-5-13/h4-9,11H,1,10H2,2-3H3,(H,27,28)(H3,25,29,30,31,33). The molecule has 4 heterocycles. The minimum atomic E-state index is -1.04. The molecule has 10 heteroatoms. The van der Waals surface area contributed by atoms with Crippen molar-refractivity contribution in [2.75, 3.05) is 22.9 Å². The van der Waals surface area contributed by atoms with Crippen LogP contribution in [0.4, 0.5) is 17.5 Å². The smallest absolute Gasteiger partial charge is 0.240 e. The summed E-state index contributed by atoms with van der Waals surface area (Å²) >= 11 is 6.03. The molecule has 1 amide bonds. The molecule has 0 aliphatic carbocycles. The van der Waals surface area contributed by atoms with Gasteiger partial charge in [-0.1, -0.05) is 35.9 Å².